The van der Waals surface area contributed by atoms with Crippen molar-refractivity contribution in [3.05, 3.63) is 72.5 Å². The highest BCUT2D eigenvalue weighted by Gasteiger charge is 2.27. The van der Waals surface area contributed by atoms with Crippen molar-refractivity contribution in [3.8, 4) is 33.1 Å². The lowest BCUT2D eigenvalue weighted by Gasteiger charge is -2.26. The topological polar surface area (TPSA) is 35.5 Å². The van der Waals surface area contributed by atoms with Crippen LogP contribution in [0.15, 0.2) is 66.7 Å². The fraction of sp³-hybridized carbons (Fsp3) is 0.344. The summed E-state index contributed by atoms with van der Waals surface area (Å²) < 4.78 is 26.5. The second-order valence-electron chi connectivity index (χ2n) is 9.87. The van der Waals surface area contributed by atoms with Crippen LogP contribution < -0.4 is 9.47 Å². The van der Waals surface area contributed by atoms with E-state index in [1.54, 1.807) is 6.07 Å². The van der Waals surface area contributed by atoms with Crippen molar-refractivity contribution in [2.45, 2.75) is 52.4 Å². The van der Waals surface area contributed by atoms with Crippen LogP contribution >= 0.6 is 11.3 Å². The van der Waals surface area contributed by atoms with Crippen LogP contribution in [-0.2, 0) is 4.79 Å². The number of ether oxygens (including phenoxy) is 2. The molecule has 192 valence electrons. The van der Waals surface area contributed by atoms with Crippen LogP contribution in [0.5, 0.6) is 11.5 Å². The molecule has 5 rings (SSSR count). The average Bonchev–Trinajstić information content (AvgIpc) is 3.37. The standard InChI is InChI=1S/C32H33FO3S/c1-3-5-21-6-8-25(9-7-21)32(34)36-27-17-14-23(15-18-27)22-10-12-24(13-11-22)29-20-26-16-19-28(35-4-2)30(33)31(26)37-29/h10-21,25H,3-9H2,1-2H3. The quantitative estimate of drug-likeness (QED) is 0.173. The molecule has 3 aromatic carbocycles. The number of halogens is 1. The minimum atomic E-state index is -0.294. The first-order chi connectivity index (χ1) is 18.1. The highest BCUT2D eigenvalue weighted by atomic mass is 32.1. The zero-order valence-electron chi connectivity index (χ0n) is 21.5. The number of esters is 1. The highest BCUT2D eigenvalue weighted by molar-refractivity contribution is 7.22. The van der Waals surface area contributed by atoms with Gasteiger partial charge in [-0.2, -0.15) is 0 Å². The minimum Gasteiger partial charge on any atom is -0.491 e. The zero-order chi connectivity index (χ0) is 25.8. The molecular formula is C32H33FO3S. The first-order valence-electron chi connectivity index (χ1n) is 13.3. The summed E-state index contributed by atoms with van der Waals surface area (Å²) in [6, 6.07) is 21.6. The Kier molecular flexibility index (Phi) is 7.90. The summed E-state index contributed by atoms with van der Waals surface area (Å²) >= 11 is 1.44. The van der Waals surface area contributed by atoms with Crippen molar-refractivity contribution < 1.29 is 18.7 Å². The summed E-state index contributed by atoms with van der Waals surface area (Å²) in [5.41, 5.74) is 3.17. The molecule has 0 unspecified atom stereocenters. The minimum absolute atomic E-state index is 0.0217. The molecule has 5 heteroatoms. The Bertz CT molecular complexity index is 1350. The smallest absolute Gasteiger partial charge is 0.314 e. The predicted octanol–water partition coefficient (Wildman–Crippen LogP) is 9.28. The fourth-order valence-corrected chi connectivity index (χ4v) is 6.39. The van der Waals surface area contributed by atoms with Gasteiger partial charge in [-0.3, -0.25) is 4.79 Å². The van der Waals surface area contributed by atoms with Gasteiger partial charge < -0.3 is 9.47 Å². The van der Waals surface area contributed by atoms with E-state index in [2.05, 4.69) is 31.2 Å². The molecule has 0 bridgehead atoms. The van der Waals surface area contributed by atoms with Crippen LogP contribution in [0, 0.1) is 17.7 Å². The maximum atomic E-state index is 14.8. The van der Waals surface area contributed by atoms with Crippen LogP contribution in [0.4, 0.5) is 4.39 Å². The molecule has 1 aromatic heterocycles. The van der Waals surface area contributed by atoms with Gasteiger partial charge in [-0.1, -0.05) is 56.2 Å². The largest absolute Gasteiger partial charge is 0.491 e. The van der Waals surface area contributed by atoms with Crippen molar-refractivity contribution in [3.63, 3.8) is 0 Å². The van der Waals surface area contributed by atoms with Gasteiger partial charge in [0.2, 0.25) is 0 Å². The number of carbonyl (C=O) groups excluding carboxylic acids is 1. The molecule has 0 saturated heterocycles. The Balaban J connectivity index is 1.24. The van der Waals surface area contributed by atoms with Crippen molar-refractivity contribution >= 4 is 27.4 Å². The Morgan fingerprint density at radius 3 is 2.19 bits per heavy atom. The number of benzene rings is 3. The predicted molar refractivity (Wildman–Crippen MR) is 150 cm³/mol. The molecule has 0 aliphatic heterocycles. The molecule has 1 aliphatic rings. The SMILES string of the molecule is CCCC1CCC(C(=O)Oc2ccc(-c3ccc(-c4cc5ccc(OCC)c(F)c5s4)cc3)cc2)CC1. The van der Waals surface area contributed by atoms with Crippen molar-refractivity contribution in [2.75, 3.05) is 6.61 Å². The lowest BCUT2D eigenvalue weighted by Crippen LogP contribution is -2.25. The lowest BCUT2D eigenvalue weighted by molar-refractivity contribution is -0.140. The van der Waals surface area contributed by atoms with Gasteiger partial charge in [0, 0.05) is 4.88 Å². The zero-order valence-corrected chi connectivity index (χ0v) is 22.3. The van der Waals surface area contributed by atoms with E-state index in [0.717, 1.165) is 58.6 Å². The molecule has 37 heavy (non-hydrogen) atoms. The Morgan fingerprint density at radius 2 is 1.54 bits per heavy atom. The third kappa shape index (κ3) is 5.72. The van der Waals surface area contributed by atoms with E-state index in [4.69, 9.17) is 9.47 Å². The monoisotopic (exact) mass is 516 g/mol. The van der Waals surface area contributed by atoms with E-state index in [0.29, 0.717) is 22.8 Å². The van der Waals surface area contributed by atoms with E-state index in [9.17, 15) is 9.18 Å². The molecule has 1 saturated carbocycles. The Labute approximate surface area is 222 Å². The summed E-state index contributed by atoms with van der Waals surface area (Å²) in [6.07, 6.45) is 6.63. The average molecular weight is 517 g/mol. The molecule has 1 aliphatic carbocycles. The molecule has 1 fully saturated rings. The number of thiophene rings is 1. The van der Waals surface area contributed by atoms with Crippen LogP contribution in [-0.4, -0.2) is 12.6 Å². The maximum Gasteiger partial charge on any atom is 0.314 e. The third-order valence-corrected chi connectivity index (χ3v) is 8.54. The van der Waals surface area contributed by atoms with Gasteiger partial charge in [-0.25, -0.2) is 4.39 Å². The van der Waals surface area contributed by atoms with E-state index in [1.807, 2.05) is 43.3 Å². The van der Waals surface area contributed by atoms with E-state index >= 15 is 0 Å². The second-order valence-corrected chi connectivity index (χ2v) is 10.9. The number of carbonyl (C=O) groups is 1. The number of fused-ring (bicyclic) bond motifs is 1. The fourth-order valence-electron chi connectivity index (χ4n) is 5.30. The molecule has 4 aromatic rings. The van der Waals surface area contributed by atoms with Gasteiger partial charge >= 0.3 is 5.97 Å². The van der Waals surface area contributed by atoms with Gasteiger partial charge in [0.05, 0.1) is 17.2 Å². The molecule has 0 N–H and O–H groups in total. The van der Waals surface area contributed by atoms with Gasteiger partial charge in [-0.15, -0.1) is 11.3 Å². The number of rotatable bonds is 8. The molecule has 1 heterocycles. The molecule has 0 amide bonds. The van der Waals surface area contributed by atoms with Gasteiger partial charge in [0.25, 0.3) is 0 Å². The van der Waals surface area contributed by atoms with Crippen molar-refractivity contribution in [1.29, 1.82) is 0 Å². The normalized spacial score (nSPS) is 17.6. The second kappa shape index (κ2) is 11.5. The van der Waals surface area contributed by atoms with Crippen LogP contribution in [0.1, 0.15) is 52.4 Å². The molecular weight excluding hydrogens is 483 g/mol. The molecule has 3 nitrogen and oxygen atoms in total. The lowest BCUT2D eigenvalue weighted by atomic mass is 9.80. The van der Waals surface area contributed by atoms with E-state index in [-0.39, 0.29) is 17.7 Å². The summed E-state index contributed by atoms with van der Waals surface area (Å²) in [5, 5.41) is 0.879. The maximum absolute atomic E-state index is 14.8. The third-order valence-electron chi connectivity index (χ3n) is 7.34. The summed E-state index contributed by atoms with van der Waals surface area (Å²) in [4.78, 5) is 13.7. The molecule has 0 atom stereocenters. The summed E-state index contributed by atoms with van der Waals surface area (Å²) in [5.74, 6) is 1.30. The van der Waals surface area contributed by atoms with Crippen molar-refractivity contribution in [2.24, 2.45) is 11.8 Å². The number of hydrogen-bond donors (Lipinski definition) is 0. The van der Waals surface area contributed by atoms with Crippen molar-refractivity contribution in [1.82, 2.24) is 0 Å². The number of hydrogen-bond acceptors (Lipinski definition) is 4. The van der Waals surface area contributed by atoms with E-state index < -0.39 is 0 Å². The van der Waals surface area contributed by atoms with Crippen LogP contribution in [0.25, 0.3) is 31.7 Å². The van der Waals surface area contributed by atoms with Gasteiger partial charge in [0.15, 0.2) is 11.6 Å². The van der Waals surface area contributed by atoms with Crippen LogP contribution in [0.2, 0.25) is 0 Å². The summed E-state index contributed by atoms with van der Waals surface area (Å²) in [7, 11) is 0. The Hall–Kier alpha value is -3.18. The summed E-state index contributed by atoms with van der Waals surface area (Å²) in [6.45, 7) is 4.52. The van der Waals surface area contributed by atoms with Gasteiger partial charge in [0.1, 0.15) is 5.75 Å². The Morgan fingerprint density at radius 1 is 0.892 bits per heavy atom. The molecule has 0 spiro atoms. The first-order valence-corrected chi connectivity index (χ1v) is 14.1. The van der Waals surface area contributed by atoms with Gasteiger partial charge in [-0.05, 0) is 90.9 Å². The highest BCUT2D eigenvalue weighted by Crippen LogP contribution is 2.38. The molecule has 0 radical (unpaired) electrons. The van der Waals surface area contributed by atoms with E-state index in [1.165, 1.54) is 24.2 Å². The first kappa shape index (κ1) is 25.5. The van der Waals surface area contributed by atoms with Crippen LogP contribution in [0.3, 0.4) is 0 Å².